The maximum absolute atomic E-state index is 12.3. The second kappa shape index (κ2) is 7.24. The number of aromatic nitrogens is 1. The molecule has 1 aliphatic rings. The molecular weight excluding hydrogens is 290 g/mol. The lowest BCUT2D eigenvalue weighted by Gasteiger charge is -2.28. The first-order chi connectivity index (χ1) is 11.2. The van der Waals surface area contributed by atoms with E-state index in [1.807, 2.05) is 37.3 Å². The van der Waals surface area contributed by atoms with E-state index in [1.54, 1.807) is 12.4 Å². The molecular formula is C18H21N3O2. The van der Waals surface area contributed by atoms with Crippen molar-refractivity contribution in [1.82, 2.24) is 10.3 Å². The highest BCUT2D eigenvalue weighted by atomic mass is 16.5. The molecule has 0 unspecified atom stereocenters. The van der Waals surface area contributed by atoms with Crippen molar-refractivity contribution in [3.63, 3.8) is 0 Å². The lowest BCUT2D eigenvalue weighted by Crippen LogP contribution is -2.36. The van der Waals surface area contributed by atoms with Gasteiger partial charge >= 0.3 is 0 Å². The second-order valence-corrected chi connectivity index (χ2v) is 5.70. The number of morpholine rings is 1. The SMILES string of the molecule is Cc1ccc(CNC(=O)c2cncc(N3CCOCC3)c2)cc1. The minimum Gasteiger partial charge on any atom is -0.378 e. The number of nitrogens with zero attached hydrogens (tertiary/aromatic N) is 2. The van der Waals surface area contributed by atoms with Crippen LogP contribution in [-0.2, 0) is 11.3 Å². The van der Waals surface area contributed by atoms with Crippen LogP contribution in [0.4, 0.5) is 5.69 Å². The number of rotatable bonds is 4. The third-order valence-corrected chi connectivity index (χ3v) is 3.94. The monoisotopic (exact) mass is 311 g/mol. The van der Waals surface area contributed by atoms with Crippen molar-refractivity contribution >= 4 is 11.6 Å². The molecule has 2 aromatic rings. The molecule has 0 bridgehead atoms. The quantitative estimate of drug-likeness (QED) is 0.940. The summed E-state index contributed by atoms with van der Waals surface area (Å²) in [7, 11) is 0. The molecule has 23 heavy (non-hydrogen) atoms. The molecule has 1 fully saturated rings. The van der Waals surface area contributed by atoms with Crippen LogP contribution >= 0.6 is 0 Å². The number of aryl methyl sites for hydroxylation is 1. The standard InChI is InChI=1S/C18H21N3O2/c1-14-2-4-15(5-3-14)11-20-18(22)16-10-17(13-19-12-16)21-6-8-23-9-7-21/h2-5,10,12-13H,6-9,11H2,1H3,(H,20,22). The molecule has 0 aliphatic carbocycles. The lowest BCUT2D eigenvalue weighted by molar-refractivity contribution is 0.0950. The molecule has 5 nitrogen and oxygen atoms in total. The van der Waals surface area contributed by atoms with Gasteiger partial charge in [0.25, 0.3) is 5.91 Å². The van der Waals surface area contributed by atoms with Gasteiger partial charge in [0.2, 0.25) is 0 Å². The fraction of sp³-hybridized carbons (Fsp3) is 0.333. The molecule has 2 heterocycles. The molecule has 5 heteroatoms. The van der Waals surface area contributed by atoms with Crippen LogP contribution in [-0.4, -0.2) is 37.2 Å². The van der Waals surface area contributed by atoms with Crippen LogP contribution in [0.3, 0.4) is 0 Å². The maximum atomic E-state index is 12.3. The number of nitrogens with one attached hydrogen (secondary N) is 1. The van der Waals surface area contributed by atoms with E-state index in [0.29, 0.717) is 25.3 Å². The van der Waals surface area contributed by atoms with Crippen LogP contribution in [0.1, 0.15) is 21.5 Å². The van der Waals surface area contributed by atoms with Crippen molar-refractivity contribution in [2.45, 2.75) is 13.5 Å². The Morgan fingerprint density at radius 2 is 1.96 bits per heavy atom. The van der Waals surface area contributed by atoms with Crippen LogP contribution in [0.2, 0.25) is 0 Å². The predicted octanol–water partition coefficient (Wildman–Crippen LogP) is 2.16. The molecule has 1 amide bonds. The third-order valence-electron chi connectivity index (χ3n) is 3.94. The van der Waals surface area contributed by atoms with Gasteiger partial charge in [0.05, 0.1) is 30.7 Å². The Labute approximate surface area is 136 Å². The summed E-state index contributed by atoms with van der Waals surface area (Å²) >= 11 is 0. The van der Waals surface area contributed by atoms with Crippen LogP contribution < -0.4 is 10.2 Å². The van der Waals surface area contributed by atoms with Gasteiger partial charge in [0, 0.05) is 25.8 Å². The van der Waals surface area contributed by atoms with E-state index in [9.17, 15) is 4.79 Å². The molecule has 1 saturated heterocycles. The van der Waals surface area contributed by atoms with Gasteiger partial charge in [-0.15, -0.1) is 0 Å². The van der Waals surface area contributed by atoms with Gasteiger partial charge in [0.1, 0.15) is 0 Å². The van der Waals surface area contributed by atoms with E-state index in [2.05, 4.69) is 15.2 Å². The lowest BCUT2D eigenvalue weighted by atomic mass is 10.1. The Morgan fingerprint density at radius 3 is 2.70 bits per heavy atom. The highest BCUT2D eigenvalue weighted by Gasteiger charge is 2.14. The van der Waals surface area contributed by atoms with Gasteiger partial charge in [-0.1, -0.05) is 29.8 Å². The molecule has 0 spiro atoms. The first kappa shape index (κ1) is 15.5. The zero-order valence-corrected chi connectivity index (χ0v) is 13.3. The largest absolute Gasteiger partial charge is 0.378 e. The molecule has 1 aliphatic heterocycles. The summed E-state index contributed by atoms with van der Waals surface area (Å²) in [6.07, 6.45) is 3.40. The minimum atomic E-state index is -0.104. The van der Waals surface area contributed by atoms with Gasteiger partial charge in [-0.25, -0.2) is 0 Å². The smallest absolute Gasteiger partial charge is 0.253 e. The summed E-state index contributed by atoms with van der Waals surface area (Å²) in [6.45, 7) is 5.64. The Bertz CT molecular complexity index is 664. The number of benzene rings is 1. The highest BCUT2D eigenvalue weighted by molar-refractivity contribution is 5.94. The Morgan fingerprint density at radius 1 is 1.22 bits per heavy atom. The number of ether oxygens (including phenoxy) is 1. The summed E-state index contributed by atoms with van der Waals surface area (Å²) in [6, 6.07) is 10.0. The fourth-order valence-corrected chi connectivity index (χ4v) is 2.54. The number of hydrogen-bond donors (Lipinski definition) is 1. The molecule has 0 saturated carbocycles. The number of anilines is 1. The first-order valence-electron chi connectivity index (χ1n) is 7.84. The average Bonchev–Trinajstić information content (AvgIpc) is 2.62. The number of carbonyl (C=O) groups is 1. The molecule has 120 valence electrons. The van der Waals surface area contributed by atoms with Gasteiger partial charge in [-0.3, -0.25) is 9.78 Å². The van der Waals surface area contributed by atoms with Gasteiger partial charge < -0.3 is 15.0 Å². The van der Waals surface area contributed by atoms with Crippen LogP contribution in [0.25, 0.3) is 0 Å². The van der Waals surface area contributed by atoms with Gasteiger partial charge in [-0.2, -0.15) is 0 Å². The summed E-state index contributed by atoms with van der Waals surface area (Å²) in [5.41, 5.74) is 3.85. The predicted molar refractivity (Wildman–Crippen MR) is 89.6 cm³/mol. The van der Waals surface area contributed by atoms with Crippen molar-refractivity contribution < 1.29 is 9.53 Å². The van der Waals surface area contributed by atoms with Crippen LogP contribution in [0.15, 0.2) is 42.7 Å². The molecule has 1 N–H and O–H groups in total. The molecule has 0 radical (unpaired) electrons. The van der Waals surface area contributed by atoms with Crippen molar-refractivity contribution in [3.05, 3.63) is 59.4 Å². The van der Waals surface area contributed by atoms with Gasteiger partial charge in [0.15, 0.2) is 0 Å². The number of pyridine rings is 1. The van der Waals surface area contributed by atoms with E-state index in [1.165, 1.54) is 5.56 Å². The van der Waals surface area contributed by atoms with Gasteiger partial charge in [-0.05, 0) is 18.6 Å². The number of carbonyl (C=O) groups excluding carboxylic acids is 1. The fourth-order valence-electron chi connectivity index (χ4n) is 2.54. The van der Waals surface area contributed by atoms with E-state index in [-0.39, 0.29) is 5.91 Å². The summed E-state index contributed by atoms with van der Waals surface area (Å²) in [4.78, 5) is 18.7. The van der Waals surface area contributed by atoms with Crippen molar-refractivity contribution in [3.8, 4) is 0 Å². The molecule has 0 atom stereocenters. The topological polar surface area (TPSA) is 54.5 Å². The Balaban J connectivity index is 1.63. The molecule has 3 rings (SSSR count). The van der Waals surface area contributed by atoms with Crippen molar-refractivity contribution in [1.29, 1.82) is 0 Å². The van der Waals surface area contributed by atoms with Crippen molar-refractivity contribution in [2.75, 3.05) is 31.2 Å². The highest BCUT2D eigenvalue weighted by Crippen LogP contribution is 2.16. The normalized spacial score (nSPS) is 14.6. The van der Waals surface area contributed by atoms with E-state index in [0.717, 1.165) is 24.3 Å². The Hall–Kier alpha value is -2.40. The second-order valence-electron chi connectivity index (χ2n) is 5.70. The number of hydrogen-bond acceptors (Lipinski definition) is 4. The van der Waals surface area contributed by atoms with Crippen LogP contribution in [0.5, 0.6) is 0 Å². The maximum Gasteiger partial charge on any atom is 0.253 e. The first-order valence-corrected chi connectivity index (χ1v) is 7.84. The average molecular weight is 311 g/mol. The summed E-state index contributed by atoms with van der Waals surface area (Å²) in [5, 5.41) is 2.94. The zero-order valence-electron chi connectivity index (χ0n) is 13.3. The van der Waals surface area contributed by atoms with Crippen LogP contribution in [0, 0.1) is 6.92 Å². The van der Waals surface area contributed by atoms with E-state index >= 15 is 0 Å². The summed E-state index contributed by atoms with van der Waals surface area (Å²) in [5.74, 6) is -0.104. The summed E-state index contributed by atoms with van der Waals surface area (Å²) < 4.78 is 5.35. The third kappa shape index (κ3) is 4.07. The number of amides is 1. The Kier molecular flexibility index (Phi) is 4.88. The zero-order chi connectivity index (χ0) is 16.1. The van der Waals surface area contributed by atoms with Crippen molar-refractivity contribution in [2.24, 2.45) is 0 Å². The minimum absolute atomic E-state index is 0.104. The molecule has 1 aromatic carbocycles. The van der Waals surface area contributed by atoms with E-state index < -0.39 is 0 Å². The van der Waals surface area contributed by atoms with E-state index in [4.69, 9.17) is 4.74 Å². The molecule has 1 aromatic heterocycles.